The van der Waals surface area contributed by atoms with Crippen LogP contribution in [0.1, 0.15) is 15.5 Å². The molecule has 1 aliphatic rings. The molecule has 0 fully saturated rings. The molecule has 1 aliphatic heterocycles. The number of hydrogen-bond acceptors (Lipinski definition) is 6. The third-order valence-electron chi connectivity index (χ3n) is 3.36. The van der Waals surface area contributed by atoms with Crippen LogP contribution >= 0.6 is 11.3 Å². The number of thiazole rings is 1. The van der Waals surface area contributed by atoms with E-state index in [9.17, 15) is 4.79 Å². The number of benzene rings is 1. The first kappa shape index (κ1) is 13.1. The molecule has 4 rings (SSSR count). The zero-order valence-electron chi connectivity index (χ0n) is 11.4. The van der Waals surface area contributed by atoms with Gasteiger partial charge in [-0.05, 0) is 0 Å². The largest absolute Gasteiger partial charge is 0.486 e. The van der Waals surface area contributed by atoms with Crippen LogP contribution in [0.25, 0.3) is 11.0 Å². The molecule has 0 unspecified atom stereocenters. The zero-order valence-corrected chi connectivity index (χ0v) is 12.2. The molecular formula is C14H11N3O4S. The van der Waals surface area contributed by atoms with Gasteiger partial charge in [0.25, 0.3) is 0 Å². The summed E-state index contributed by atoms with van der Waals surface area (Å²) in [4.78, 5) is 19.3. The van der Waals surface area contributed by atoms with Gasteiger partial charge in [-0.25, -0.2) is 14.8 Å². The van der Waals surface area contributed by atoms with Crippen molar-refractivity contribution in [1.82, 2.24) is 14.5 Å². The fraction of sp³-hybridized carbons (Fsp3) is 0.214. The lowest BCUT2D eigenvalue weighted by molar-refractivity contribution is 0.0691. The first-order valence-corrected chi connectivity index (χ1v) is 7.51. The molecule has 0 aliphatic carbocycles. The number of ether oxygens (including phenoxy) is 2. The molecule has 0 atom stereocenters. The van der Waals surface area contributed by atoms with Crippen LogP contribution in [0.2, 0.25) is 0 Å². The summed E-state index contributed by atoms with van der Waals surface area (Å²) < 4.78 is 13.0. The van der Waals surface area contributed by atoms with Crippen LogP contribution in [0.15, 0.2) is 23.8 Å². The minimum absolute atomic E-state index is 0.0681. The fourth-order valence-corrected chi connectivity index (χ4v) is 3.11. The van der Waals surface area contributed by atoms with E-state index in [0.29, 0.717) is 36.3 Å². The number of carbonyl (C=O) groups is 1. The van der Waals surface area contributed by atoms with Crippen molar-refractivity contribution in [3.63, 3.8) is 0 Å². The second-order valence-corrected chi connectivity index (χ2v) is 5.73. The molecule has 2 aromatic heterocycles. The number of imidazole rings is 1. The van der Waals surface area contributed by atoms with Crippen LogP contribution in [-0.2, 0) is 6.54 Å². The first-order valence-electron chi connectivity index (χ1n) is 6.63. The van der Waals surface area contributed by atoms with E-state index >= 15 is 0 Å². The lowest BCUT2D eigenvalue weighted by Crippen LogP contribution is -2.15. The number of aromatic carboxylic acids is 1. The molecule has 1 aromatic carbocycles. The van der Waals surface area contributed by atoms with Gasteiger partial charge in [-0.2, -0.15) is 0 Å². The van der Waals surface area contributed by atoms with Crippen molar-refractivity contribution in [3.8, 4) is 11.5 Å². The molecule has 8 heteroatoms. The van der Waals surface area contributed by atoms with Gasteiger partial charge in [0.15, 0.2) is 17.2 Å². The van der Waals surface area contributed by atoms with E-state index in [1.807, 2.05) is 16.7 Å². The minimum atomic E-state index is -1.02. The Morgan fingerprint density at radius 2 is 2.09 bits per heavy atom. The Morgan fingerprint density at radius 1 is 1.32 bits per heavy atom. The summed E-state index contributed by atoms with van der Waals surface area (Å²) in [5.74, 6) is 0.384. The van der Waals surface area contributed by atoms with Crippen molar-refractivity contribution in [2.24, 2.45) is 0 Å². The summed E-state index contributed by atoms with van der Waals surface area (Å²) in [6, 6.07) is 3.74. The van der Waals surface area contributed by atoms with Crippen molar-refractivity contribution < 1.29 is 19.4 Å². The van der Waals surface area contributed by atoms with E-state index in [4.69, 9.17) is 14.6 Å². The molecule has 112 valence electrons. The van der Waals surface area contributed by atoms with Crippen LogP contribution in [0.4, 0.5) is 0 Å². The number of hydrogen-bond donors (Lipinski definition) is 1. The van der Waals surface area contributed by atoms with Gasteiger partial charge in [0, 0.05) is 17.5 Å². The Kier molecular flexibility index (Phi) is 2.97. The molecule has 3 aromatic rings. The summed E-state index contributed by atoms with van der Waals surface area (Å²) in [6.07, 6.45) is 1.71. The summed E-state index contributed by atoms with van der Waals surface area (Å²) in [6.45, 7) is 1.53. The number of carboxylic acids is 1. The third-order valence-corrected chi connectivity index (χ3v) is 4.20. The van der Waals surface area contributed by atoms with Crippen LogP contribution in [-0.4, -0.2) is 38.8 Å². The molecule has 22 heavy (non-hydrogen) atoms. The SMILES string of the molecule is O=C(O)c1csc(Cn2cnc3cc4c(cc32)OCCO4)n1. The Bertz CT molecular complexity index is 870. The van der Waals surface area contributed by atoms with Crippen molar-refractivity contribution in [2.45, 2.75) is 6.54 Å². The predicted molar refractivity (Wildman–Crippen MR) is 78.9 cm³/mol. The van der Waals surface area contributed by atoms with Crippen LogP contribution < -0.4 is 9.47 Å². The average Bonchev–Trinajstić information content (AvgIpc) is 3.13. The molecule has 0 amide bonds. The maximum Gasteiger partial charge on any atom is 0.355 e. The highest BCUT2D eigenvalue weighted by molar-refractivity contribution is 7.09. The number of nitrogens with zero attached hydrogens (tertiary/aromatic N) is 3. The van der Waals surface area contributed by atoms with E-state index in [2.05, 4.69) is 9.97 Å². The van der Waals surface area contributed by atoms with Gasteiger partial charge in [-0.1, -0.05) is 0 Å². The quantitative estimate of drug-likeness (QED) is 0.795. The summed E-state index contributed by atoms with van der Waals surface area (Å²) in [5, 5.41) is 11.2. The van der Waals surface area contributed by atoms with Crippen LogP contribution in [0, 0.1) is 0 Å². The monoisotopic (exact) mass is 317 g/mol. The van der Waals surface area contributed by atoms with Gasteiger partial charge in [0.2, 0.25) is 0 Å². The summed E-state index contributed by atoms with van der Waals surface area (Å²) in [5.41, 5.74) is 1.77. The minimum Gasteiger partial charge on any atom is -0.486 e. The normalized spacial score (nSPS) is 13.5. The van der Waals surface area contributed by atoms with Gasteiger partial charge in [0.05, 0.1) is 23.9 Å². The van der Waals surface area contributed by atoms with E-state index in [1.54, 1.807) is 6.33 Å². The van der Waals surface area contributed by atoms with Crippen molar-refractivity contribution >= 4 is 28.3 Å². The Labute approximate surface area is 128 Å². The predicted octanol–water partition coefficient (Wildman–Crippen LogP) is 2.01. The topological polar surface area (TPSA) is 86.5 Å². The second kappa shape index (κ2) is 4.99. The van der Waals surface area contributed by atoms with Gasteiger partial charge >= 0.3 is 5.97 Å². The van der Waals surface area contributed by atoms with Crippen molar-refractivity contribution in [2.75, 3.05) is 13.2 Å². The Hall–Kier alpha value is -2.61. The smallest absolute Gasteiger partial charge is 0.355 e. The molecule has 7 nitrogen and oxygen atoms in total. The average molecular weight is 317 g/mol. The molecule has 0 bridgehead atoms. The molecular weight excluding hydrogens is 306 g/mol. The summed E-state index contributed by atoms with van der Waals surface area (Å²) >= 11 is 1.32. The fourth-order valence-electron chi connectivity index (χ4n) is 2.35. The Balaban J connectivity index is 1.70. The van der Waals surface area contributed by atoms with Gasteiger partial charge < -0.3 is 19.1 Å². The summed E-state index contributed by atoms with van der Waals surface area (Å²) in [7, 11) is 0. The Morgan fingerprint density at radius 3 is 2.82 bits per heavy atom. The number of aromatic nitrogens is 3. The molecule has 1 N–H and O–H groups in total. The zero-order chi connectivity index (χ0) is 15.1. The van der Waals surface area contributed by atoms with Crippen LogP contribution in [0.5, 0.6) is 11.5 Å². The maximum absolute atomic E-state index is 10.9. The highest BCUT2D eigenvalue weighted by Gasteiger charge is 2.16. The van der Waals surface area contributed by atoms with Gasteiger partial charge in [0.1, 0.15) is 18.2 Å². The maximum atomic E-state index is 10.9. The highest BCUT2D eigenvalue weighted by Crippen LogP contribution is 2.34. The standard InChI is InChI=1S/C14H11N3O4S/c18-14(19)9-6-22-13(16-9)5-17-7-15-8-3-11-12(4-10(8)17)21-2-1-20-11/h3-4,6-7H,1-2,5H2,(H,18,19). The van der Waals surface area contributed by atoms with Crippen molar-refractivity contribution in [3.05, 3.63) is 34.5 Å². The van der Waals surface area contributed by atoms with E-state index < -0.39 is 5.97 Å². The molecule has 0 spiro atoms. The number of rotatable bonds is 3. The lowest BCUT2D eigenvalue weighted by atomic mass is 10.2. The number of carboxylic acid groups (broad SMARTS) is 1. The molecule has 0 radical (unpaired) electrons. The van der Waals surface area contributed by atoms with Crippen molar-refractivity contribution in [1.29, 1.82) is 0 Å². The van der Waals surface area contributed by atoms with Gasteiger partial charge in [-0.15, -0.1) is 11.3 Å². The van der Waals surface area contributed by atoms with Gasteiger partial charge in [-0.3, -0.25) is 0 Å². The molecule has 0 saturated carbocycles. The van der Waals surface area contributed by atoms with E-state index in [0.717, 1.165) is 11.0 Å². The third kappa shape index (κ3) is 2.17. The number of fused-ring (bicyclic) bond motifs is 2. The first-order chi connectivity index (χ1) is 10.7. The van der Waals surface area contributed by atoms with Crippen LogP contribution in [0.3, 0.4) is 0 Å². The molecule has 3 heterocycles. The highest BCUT2D eigenvalue weighted by atomic mass is 32.1. The van der Waals surface area contributed by atoms with E-state index in [1.165, 1.54) is 16.7 Å². The lowest BCUT2D eigenvalue weighted by Gasteiger charge is -2.18. The second-order valence-electron chi connectivity index (χ2n) is 4.79. The molecule has 0 saturated heterocycles. The van der Waals surface area contributed by atoms with E-state index in [-0.39, 0.29) is 5.69 Å².